The van der Waals surface area contributed by atoms with E-state index in [0.717, 1.165) is 38.9 Å². The van der Waals surface area contributed by atoms with Gasteiger partial charge in [0, 0.05) is 13.0 Å². The third kappa shape index (κ3) is 7.03. The summed E-state index contributed by atoms with van der Waals surface area (Å²) in [7, 11) is -1.32. The van der Waals surface area contributed by atoms with Crippen molar-refractivity contribution in [1.82, 2.24) is 0 Å². The maximum Gasteiger partial charge on any atom is 0.199 e. The Morgan fingerprint density at radius 3 is 2.62 bits per heavy atom. The minimum atomic E-state index is -1.32. The van der Waals surface area contributed by atoms with Crippen LogP contribution in [-0.2, 0) is 13.9 Å². The molecular weight excluding hydrogens is 220 g/mol. The van der Waals surface area contributed by atoms with E-state index in [0.29, 0.717) is 0 Å². The fourth-order valence-electron chi connectivity index (χ4n) is 1.43. The number of hydrogen-bond donors (Lipinski definition) is 0. The molecule has 94 valence electrons. The first kappa shape index (κ1) is 13.7. The lowest BCUT2D eigenvalue weighted by Crippen LogP contribution is -2.26. The molecule has 1 unspecified atom stereocenters. The predicted molar refractivity (Wildman–Crippen MR) is 67.7 cm³/mol. The zero-order valence-corrected chi connectivity index (χ0v) is 11.7. The quantitative estimate of drug-likeness (QED) is 0.508. The van der Waals surface area contributed by atoms with Crippen molar-refractivity contribution in [3.05, 3.63) is 12.3 Å². The van der Waals surface area contributed by atoms with Crippen LogP contribution in [0.1, 0.15) is 25.7 Å². The highest BCUT2D eigenvalue weighted by molar-refractivity contribution is 6.69. The number of unbranched alkanes of at least 4 members (excludes halogenated alkanes) is 1. The fourth-order valence-corrected chi connectivity index (χ4v) is 2.19. The minimum absolute atomic E-state index is 0.0251. The highest BCUT2D eigenvalue weighted by Gasteiger charge is 2.13. The van der Waals surface area contributed by atoms with Gasteiger partial charge >= 0.3 is 0 Å². The normalized spacial score (nSPS) is 20.8. The summed E-state index contributed by atoms with van der Waals surface area (Å²) in [5.41, 5.74) is 0. The standard InChI is InChI=1S/C12H24O3Si/c1-16(2,3)15-11-7-6-10-14-12-8-4-5-9-13-12/h5,9,12H,4,6-8,10-11H2,1-3H3. The molecule has 1 aliphatic rings. The van der Waals surface area contributed by atoms with E-state index in [1.165, 1.54) is 0 Å². The summed E-state index contributed by atoms with van der Waals surface area (Å²) in [6.45, 7) is 8.28. The van der Waals surface area contributed by atoms with Gasteiger partial charge in [0.25, 0.3) is 0 Å². The van der Waals surface area contributed by atoms with Crippen molar-refractivity contribution in [3.8, 4) is 0 Å². The van der Waals surface area contributed by atoms with Gasteiger partial charge in [-0.2, -0.15) is 0 Å². The molecule has 0 aromatic rings. The van der Waals surface area contributed by atoms with Crippen LogP contribution in [0, 0.1) is 0 Å². The smallest absolute Gasteiger partial charge is 0.199 e. The van der Waals surface area contributed by atoms with Crippen LogP contribution in [0.15, 0.2) is 12.3 Å². The number of rotatable bonds is 7. The molecule has 1 heterocycles. The molecule has 0 bridgehead atoms. The predicted octanol–water partition coefficient (Wildman–Crippen LogP) is 3.28. The van der Waals surface area contributed by atoms with Gasteiger partial charge in [0.2, 0.25) is 0 Å². The summed E-state index contributed by atoms with van der Waals surface area (Å²) in [6.07, 6.45) is 7.90. The third-order valence-corrected chi connectivity index (χ3v) is 3.34. The average molecular weight is 244 g/mol. The van der Waals surface area contributed by atoms with Crippen LogP contribution in [0.4, 0.5) is 0 Å². The highest BCUT2D eigenvalue weighted by atomic mass is 28.4. The average Bonchev–Trinajstić information content (AvgIpc) is 2.23. The molecule has 0 saturated heterocycles. The lowest BCUT2D eigenvalue weighted by molar-refractivity contribution is -0.116. The van der Waals surface area contributed by atoms with E-state index < -0.39 is 8.32 Å². The monoisotopic (exact) mass is 244 g/mol. The Morgan fingerprint density at radius 1 is 1.25 bits per heavy atom. The Labute approximate surface area is 99.9 Å². The zero-order chi connectivity index (χ0) is 11.9. The van der Waals surface area contributed by atoms with Crippen molar-refractivity contribution < 1.29 is 13.9 Å². The molecule has 0 saturated carbocycles. The van der Waals surface area contributed by atoms with Crippen LogP contribution in [0.25, 0.3) is 0 Å². The number of allylic oxidation sites excluding steroid dienone is 1. The molecular formula is C12H24O3Si. The lowest BCUT2D eigenvalue weighted by atomic mass is 10.2. The van der Waals surface area contributed by atoms with Crippen LogP contribution < -0.4 is 0 Å². The first-order valence-corrected chi connectivity index (χ1v) is 9.55. The van der Waals surface area contributed by atoms with Crippen LogP contribution in [0.5, 0.6) is 0 Å². The summed E-state index contributed by atoms with van der Waals surface area (Å²) < 4.78 is 16.7. The van der Waals surface area contributed by atoms with Crippen LogP contribution in [0.2, 0.25) is 19.6 Å². The van der Waals surface area contributed by atoms with E-state index in [2.05, 4.69) is 19.6 Å². The number of hydrogen-bond acceptors (Lipinski definition) is 3. The van der Waals surface area contributed by atoms with Gasteiger partial charge in [0.05, 0.1) is 12.9 Å². The summed E-state index contributed by atoms with van der Waals surface area (Å²) in [5, 5.41) is 0. The number of ether oxygens (including phenoxy) is 2. The SMILES string of the molecule is C[Si](C)(C)OCCCCOC1CCC=CO1. The van der Waals surface area contributed by atoms with E-state index >= 15 is 0 Å². The van der Waals surface area contributed by atoms with E-state index in [9.17, 15) is 0 Å². The van der Waals surface area contributed by atoms with Gasteiger partial charge < -0.3 is 13.9 Å². The molecule has 4 heteroatoms. The van der Waals surface area contributed by atoms with Crippen molar-refractivity contribution >= 4 is 8.32 Å². The Morgan fingerprint density at radius 2 is 2.00 bits per heavy atom. The van der Waals surface area contributed by atoms with Gasteiger partial charge in [0.15, 0.2) is 14.6 Å². The van der Waals surface area contributed by atoms with Crippen molar-refractivity contribution in [2.45, 2.75) is 51.6 Å². The van der Waals surface area contributed by atoms with E-state index in [-0.39, 0.29) is 6.29 Å². The Hall–Kier alpha value is -0.323. The van der Waals surface area contributed by atoms with Crippen molar-refractivity contribution in [3.63, 3.8) is 0 Å². The van der Waals surface area contributed by atoms with Crippen molar-refractivity contribution in [1.29, 1.82) is 0 Å². The van der Waals surface area contributed by atoms with Gasteiger partial charge in [-0.3, -0.25) is 0 Å². The molecule has 0 N–H and O–H groups in total. The maximum atomic E-state index is 5.76. The molecule has 1 aliphatic heterocycles. The molecule has 1 atom stereocenters. The molecule has 1 rings (SSSR count). The second-order valence-corrected chi connectivity index (χ2v) is 9.57. The van der Waals surface area contributed by atoms with Gasteiger partial charge in [-0.15, -0.1) is 0 Å². The highest BCUT2D eigenvalue weighted by Crippen LogP contribution is 2.12. The summed E-state index contributed by atoms with van der Waals surface area (Å²) in [4.78, 5) is 0. The largest absolute Gasteiger partial charge is 0.473 e. The topological polar surface area (TPSA) is 27.7 Å². The molecule has 0 fully saturated rings. The Balaban J connectivity index is 1.90. The first-order chi connectivity index (χ1) is 7.58. The molecule has 16 heavy (non-hydrogen) atoms. The van der Waals surface area contributed by atoms with E-state index in [1.54, 1.807) is 6.26 Å². The summed E-state index contributed by atoms with van der Waals surface area (Å²) >= 11 is 0. The van der Waals surface area contributed by atoms with Crippen molar-refractivity contribution in [2.24, 2.45) is 0 Å². The maximum absolute atomic E-state index is 5.76. The van der Waals surface area contributed by atoms with E-state index in [1.807, 2.05) is 6.08 Å². The Bertz CT molecular complexity index is 211. The molecule has 0 aromatic heterocycles. The first-order valence-electron chi connectivity index (χ1n) is 6.14. The van der Waals surface area contributed by atoms with Crippen LogP contribution in [-0.4, -0.2) is 27.8 Å². The van der Waals surface area contributed by atoms with Crippen LogP contribution >= 0.6 is 0 Å². The summed E-state index contributed by atoms with van der Waals surface area (Å²) in [5.74, 6) is 0. The van der Waals surface area contributed by atoms with Gasteiger partial charge in [0.1, 0.15) is 0 Å². The van der Waals surface area contributed by atoms with Gasteiger partial charge in [-0.25, -0.2) is 0 Å². The minimum Gasteiger partial charge on any atom is -0.473 e. The molecule has 0 amide bonds. The molecule has 0 spiro atoms. The lowest BCUT2D eigenvalue weighted by Gasteiger charge is -2.20. The van der Waals surface area contributed by atoms with Gasteiger partial charge in [-0.05, 0) is 45.0 Å². The molecule has 0 aromatic carbocycles. The molecule has 0 aliphatic carbocycles. The Kier molecular flexibility index (Phi) is 6.09. The van der Waals surface area contributed by atoms with Crippen LogP contribution in [0.3, 0.4) is 0 Å². The van der Waals surface area contributed by atoms with E-state index in [4.69, 9.17) is 13.9 Å². The van der Waals surface area contributed by atoms with Crippen molar-refractivity contribution in [2.75, 3.05) is 13.2 Å². The second kappa shape index (κ2) is 7.09. The summed E-state index contributed by atoms with van der Waals surface area (Å²) in [6, 6.07) is 0. The molecule has 0 radical (unpaired) electrons. The van der Waals surface area contributed by atoms with Gasteiger partial charge in [-0.1, -0.05) is 0 Å². The second-order valence-electron chi connectivity index (χ2n) is 5.05. The fraction of sp³-hybridized carbons (Fsp3) is 0.833. The zero-order valence-electron chi connectivity index (χ0n) is 10.7. The molecule has 3 nitrogen and oxygen atoms in total. The third-order valence-electron chi connectivity index (χ3n) is 2.27.